The number of halogens is 1. The van der Waals surface area contributed by atoms with Crippen molar-refractivity contribution in [3.8, 4) is 17.7 Å². The summed E-state index contributed by atoms with van der Waals surface area (Å²) in [5.74, 6) is 0.640. The van der Waals surface area contributed by atoms with Crippen LogP contribution in [0.25, 0.3) is 0 Å². The molecule has 10 nitrogen and oxygen atoms in total. The Labute approximate surface area is 220 Å². The molecule has 4 rings (SSSR count). The van der Waals surface area contributed by atoms with Crippen molar-refractivity contribution in [3.05, 3.63) is 46.6 Å². The van der Waals surface area contributed by atoms with Crippen LogP contribution in [-0.2, 0) is 4.74 Å². The monoisotopic (exact) mass is 527 g/mol. The minimum atomic E-state index is -0.543. The summed E-state index contributed by atoms with van der Waals surface area (Å²) in [5.41, 5.74) is 0.0804. The second-order valence-corrected chi connectivity index (χ2v) is 10.6. The zero-order chi connectivity index (χ0) is 26.6. The van der Waals surface area contributed by atoms with E-state index in [1.54, 1.807) is 35.2 Å². The maximum Gasteiger partial charge on any atom is 0.410 e. The Morgan fingerprint density at radius 1 is 1.05 bits per heavy atom. The molecule has 1 N–H and O–H groups in total. The molecular formula is C26H30ClN5O5. The molecule has 2 aliphatic rings. The minimum Gasteiger partial charge on any atom is -0.490 e. The summed E-state index contributed by atoms with van der Waals surface area (Å²) < 4.78 is 17.1. The fourth-order valence-corrected chi connectivity index (χ4v) is 4.31. The summed E-state index contributed by atoms with van der Waals surface area (Å²) in [6, 6.07) is 10.3. The van der Waals surface area contributed by atoms with Gasteiger partial charge in [-0.25, -0.2) is 4.79 Å². The van der Waals surface area contributed by atoms with Crippen molar-refractivity contribution >= 4 is 23.6 Å². The zero-order valence-electron chi connectivity index (χ0n) is 21.1. The number of nitrogens with zero attached hydrogens (tertiary/aromatic N) is 4. The molecule has 2 aromatic rings. The highest BCUT2D eigenvalue weighted by Gasteiger charge is 2.35. The van der Waals surface area contributed by atoms with Crippen LogP contribution in [0, 0.1) is 11.3 Å². The number of nitrogens with one attached hydrogen (secondary N) is 1. The first-order chi connectivity index (χ1) is 17.6. The highest BCUT2D eigenvalue weighted by molar-refractivity contribution is 6.31. The van der Waals surface area contributed by atoms with Crippen LogP contribution in [0.1, 0.15) is 62.5 Å². The first-order valence-corrected chi connectivity index (χ1v) is 12.6. The number of likely N-dealkylation sites (tertiary alicyclic amines) is 1. The third-order valence-corrected chi connectivity index (χ3v) is 6.35. The first kappa shape index (κ1) is 26.5. The molecule has 0 radical (unpaired) electrons. The second-order valence-electron chi connectivity index (χ2n) is 10.2. The number of carbonyl (C=O) groups is 2. The van der Waals surface area contributed by atoms with Crippen LogP contribution in [0.2, 0.25) is 5.02 Å². The van der Waals surface area contributed by atoms with Gasteiger partial charge in [-0.2, -0.15) is 5.26 Å². The Morgan fingerprint density at radius 2 is 1.78 bits per heavy atom. The predicted octanol–water partition coefficient (Wildman–Crippen LogP) is 4.12. The quantitative estimate of drug-likeness (QED) is 0.594. The molecule has 0 unspecified atom stereocenters. The molecule has 1 aliphatic carbocycles. The Morgan fingerprint density at radius 3 is 2.38 bits per heavy atom. The van der Waals surface area contributed by atoms with Gasteiger partial charge in [0.2, 0.25) is 5.88 Å². The third-order valence-electron chi connectivity index (χ3n) is 6.03. The SMILES string of the molecule is CC(C)(C)OC(=O)N1CC(Oc2ccc(C(=O)N[C@H]3CC[C@H](Oc4ccc(C#N)c(Cl)c4)CC3)nn2)C1. The van der Waals surface area contributed by atoms with Crippen LogP contribution in [0.4, 0.5) is 4.79 Å². The van der Waals surface area contributed by atoms with Gasteiger partial charge in [0.15, 0.2) is 5.69 Å². The van der Waals surface area contributed by atoms with E-state index in [0.29, 0.717) is 35.3 Å². The highest BCUT2D eigenvalue weighted by atomic mass is 35.5. The van der Waals surface area contributed by atoms with E-state index in [9.17, 15) is 9.59 Å². The van der Waals surface area contributed by atoms with Crippen LogP contribution in [0.5, 0.6) is 11.6 Å². The van der Waals surface area contributed by atoms with Gasteiger partial charge in [-0.15, -0.1) is 10.2 Å². The van der Waals surface area contributed by atoms with Gasteiger partial charge < -0.3 is 24.4 Å². The number of hydrogen-bond donors (Lipinski definition) is 1. The van der Waals surface area contributed by atoms with Gasteiger partial charge in [0.05, 0.1) is 29.8 Å². The van der Waals surface area contributed by atoms with Gasteiger partial charge in [-0.1, -0.05) is 11.6 Å². The number of hydrogen-bond acceptors (Lipinski definition) is 8. The molecule has 1 aliphatic heterocycles. The maximum absolute atomic E-state index is 12.6. The van der Waals surface area contributed by atoms with Crippen LogP contribution < -0.4 is 14.8 Å². The van der Waals surface area contributed by atoms with Crippen molar-refractivity contribution in [2.45, 2.75) is 70.3 Å². The van der Waals surface area contributed by atoms with Crippen molar-refractivity contribution in [2.24, 2.45) is 0 Å². The molecule has 2 fully saturated rings. The molecule has 37 heavy (non-hydrogen) atoms. The first-order valence-electron chi connectivity index (χ1n) is 12.2. The van der Waals surface area contributed by atoms with Crippen LogP contribution >= 0.6 is 11.6 Å². The third kappa shape index (κ3) is 7.23. The van der Waals surface area contributed by atoms with E-state index < -0.39 is 5.60 Å². The topological polar surface area (TPSA) is 127 Å². The molecule has 11 heteroatoms. The van der Waals surface area contributed by atoms with Crippen molar-refractivity contribution in [3.63, 3.8) is 0 Å². The van der Waals surface area contributed by atoms with Gasteiger partial charge in [0.1, 0.15) is 23.5 Å². The summed E-state index contributed by atoms with van der Waals surface area (Å²) in [5, 5.41) is 20.4. The molecular weight excluding hydrogens is 498 g/mol. The normalized spacial score (nSPS) is 19.8. The fourth-order valence-electron chi connectivity index (χ4n) is 4.10. The Kier molecular flexibility index (Phi) is 8.03. The van der Waals surface area contributed by atoms with E-state index in [4.69, 9.17) is 31.1 Å². The van der Waals surface area contributed by atoms with Crippen molar-refractivity contribution in [1.29, 1.82) is 5.26 Å². The van der Waals surface area contributed by atoms with Gasteiger partial charge >= 0.3 is 6.09 Å². The molecule has 0 spiro atoms. The number of amides is 2. The molecule has 1 aromatic heterocycles. The van der Waals surface area contributed by atoms with E-state index in [1.807, 2.05) is 26.8 Å². The lowest BCUT2D eigenvalue weighted by molar-refractivity contribution is -0.0234. The number of aromatic nitrogens is 2. The molecule has 0 bridgehead atoms. The zero-order valence-corrected chi connectivity index (χ0v) is 21.8. The molecule has 1 saturated carbocycles. The minimum absolute atomic E-state index is 0.0171. The van der Waals surface area contributed by atoms with E-state index in [0.717, 1.165) is 25.7 Å². The molecule has 2 heterocycles. The number of benzene rings is 1. The standard InChI is InChI=1S/C26H30ClN5O5/c1-26(2,3)37-25(34)32-14-20(15-32)36-23-11-10-22(30-31-23)24(33)29-17-5-8-18(9-6-17)35-19-7-4-16(13-28)21(27)12-19/h4,7,10-12,17-18,20H,5-6,8-9,14-15H2,1-3H3,(H,29,33)/t17-,18-. The Hall–Kier alpha value is -3.58. The largest absolute Gasteiger partial charge is 0.490 e. The second kappa shape index (κ2) is 11.2. The van der Waals surface area contributed by atoms with Gasteiger partial charge in [0.25, 0.3) is 5.91 Å². The van der Waals surface area contributed by atoms with Crippen molar-refractivity contribution in [2.75, 3.05) is 13.1 Å². The van der Waals surface area contributed by atoms with E-state index in [1.165, 1.54) is 0 Å². The van der Waals surface area contributed by atoms with E-state index in [2.05, 4.69) is 15.5 Å². The number of ether oxygens (including phenoxy) is 3. The average molecular weight is 528 g/mol. The number of rotatable bonds is 6. The smallest absolute Gasteiger partial charge is 0.410 e. The van der Waals surface area contributed by atoms with Crippen LogP contribution in [0.15, 0.2) is 30.3 Å². The molecule has 1 saturated heterocycles. The molecule has 2 amide bonds. The predicted molar refractivity (Wildman–Crippen MR) is 135 cm³/mol. The summed E-state index contributed by atoms with van der Waals surface area (Å²) in [6.45, 7) is 6.27. The maximum atomic E-state index is 12.6. The molecule has 0 atom stereocenters. The van der Waals surface area contributed by atoms with Crippen LogP contribution in [0.3, 0.4) is 0 Å². The lowest BCUT2D eigenvalue weighted by Crippen LogP contribution is -2.57. The number of carbonyl (C=O) groups excluding carboxylic acids is 2. The summed E-state index contributed by atoms with van der Waals surface area (Å²) in [4.78, 5) is 26.2. The van der Waals surface area contributed by atoms with Gasteiger partial charge in [-0.05, 0) is 64.7 Å². The summed E-state index contributed by atoms with van der Waals surface area (Å²) >= 11 is 6.08. The molecule has 1 aromatic carbocycles. The highest BCUT2D eigenvalue weighted by Crippen LogP contribution is 2.27. The summed E-state index contributed by atoms with van der Waals surface area (Å²) in [7, 11) is 0. The van der Waals surface area contributed by atoms with Gasteiger partial charge in [-0.3, -0.25) is 4.79 Å². The van der Waals surface area contributed by atoms with Gasteiger partial charge in [0, 0.05) is 18.2 Å². The number of nitriles is 1. The van der Waals surface area contributed by atoms with Crippen LogP contribution in [-0.4, -0.2) is 64.0 Å². The Bertz CT molecular complexity index is 1160. The Balaban J connectivity index is 1.18. The summed E-state index contributed by atoms with van der Waals surface area (Å²) in [6.07, 6.45) is 2.55. The van der Waals surface area contributed by atoms with Crippen molar-refractivity contribution in [1.82, 2.24) is 20.4 Å². The molecule has 196 valence electrons. The average Bonchev–Trinajstić information content (AvgIpc) is 2.81. The lowest BCUT2D eigenvalue weighted by atomic mass is 9.93. The van der Waals surface area contributed by atoms with E-state index in [-0.39, 0.29) is 35.9 Å². The van der Waals surface area contributed by atoms with Crippen molar-refractivity contribution < 1.29 is 23.8 Å². The lowest BCUT2D eigenvalue weighted by Gasteiger charge is -2.39. The fraction of sp³-hybridized carbons (Fsp3) is 0.500. The van der Waals surface area contributed by atoms with E-state index >= 15 is 0 Å².